The average Bonchev–Trinajstić information content (AvgIpc) is 2.62. The first-order valence-corrected chi connectivity index (χ1v) is 8.42. The Bertz CT molecular complexity index is 839. The van der Waals surface area contributed by atoms with Gasteiger partial charge in [0.15, 0.2) is 5.78 Å². The smallest absolute Gasteiger partial charge is 0.317 e. The van der Waals surface area contributed by atoms with Gasteiger partial charge in [0.25, 0.3) is 0 Å². The molecule has 1 aliphatic rings. The predicted octanol–water partition coefficient (Wildman–Crippen LogP) is 4.28. The first-order valence-electron chi connectivity index (χ1n) is 8.42. The lowest BCUT2D eigenvalue weighted by atomic mass is 9.73. The van der Waals surface area contributed by atoms with Crippen molar-refractivity contribution in [2.45, 2.75) is 19.3 Å². The summed E-state index contributed by atoms with van der Waals surface area (Å²) >= 11 is 0. The molecule has 5 heteroatoms. The van der Waals surface area contributed by atoms with E-state index in [4.69, 9.17) is 4.74 Å². The number of esters is 1. The van der Waals surface area contributed by atoms with Gasteiger partial charge >= 0.3 is 5.97 Å². The normalized spacial score (nSPS) is 19.8. The number of hydrogen-bond acceptors (Lipinski definition) is 3. The van der Waals surface area contributed by atoms with Gasteiger partial charge in [-0.05, 0) is 60.4 Å². The van der Waals surface area contributed by atoms with Crippen LogP contribution in [0.4, 0.5) is 8.78 Å². The quantitative estimate of drug-likeness (QED) is 0.606. The van der Waals surface area contributed by atoms with E-state index in [1.165, 1.54) is 30.3 Å². The molecule has 0 heterocycles. The fourth-order valence-electron chi connectivity index (χ4n) is 3.27. The van der Waals surface area contributed by atoms with Crippen molar-refractivity contribution in [2.24, 2.45) is 5.92 Å². The molecule has 0 fully saturated rings. The van der Waals surface area contributed by atoms with Crippen molar-refractivity contribution >= 4 is 17.3 Å². The highest BCUT2D eigenvalue weighted by atomic mass is 19.1. The van der Waals surface area contributed by atoms with Gasteiger partial charge in [-0.2, -0.15) is 0 Å². The van der Waals surface area contributed by atoms with Crippen molar-refractivity contribution < 1.29 is 23.1 Å². The summed E-state index contributed by atoms with van der Waals surface area (Å²) in [6.45, 7) is 1.85. The van der Waals surface area contributed by atoms with Crippen LogP contribution >= 0.6 is 0 Å². The van der Waals surface area contributed by atoms with Crippen molar-refractivity contribution in [3.63, 3.8) is 0 Å². The van der Waals surface area contributed by atoms with Crippen LogP contribution in [0.3, 0.4) is 0 Å². The Morgan fingerprint density at radius 1 is 1.04 bits per heavy atom. The van der Waals surface area contributed by atoms with Gasteiger partial charge in [-0.1, -0.05) is 24.3 Å². The van der Waals surface area contributed by atoms with Crippen LogP contribution in [-0.4, -0.2) is 18.4 Å². The van der Waals surface area contributed by atoms with Crippen molar-refractivity contribution in [3.8, 4) is 0 Å². The van der Waals surface area contributed by atoms with E-state index in [-0.39, 0.29) is 18.2 Å². The van der Waals surface area contributed by atoms with Gasteiger partial charge in [0, 0.05) is 5.92 Å². The summed E-state index contributed by atoms with van der Waals surface area (Å²) in [5, 5.41) is 0. The van der Waals surface area contributed by atoms with Crippen LogP contribution in [-0.2, 0) is 14.3 Å². The summed E-state index contributed by atoms with van der Waals surface area (Å²) < 4.78 is 31.5. The average molecular weight is 356 g/mol. The molecule has 2 atom stereocenters. The molecule has 0 radical (unpaired) electrons. The van der Waals surface area contributed by atoms with Gasteiger partial charge in [0.05, 0.1) is 6.61 Å². The van der Waals surface area contributed by atoms with Crippen LogP contribution in [0.5, 0.6) is 0 Å². The second kappa shape index (κ2) is 7.60. The zero-order valence-electron chi connectivity index (χ0n) is 14.2. The third-order valence-corrected chi connectivity index (χ3v) is 4.52. The molecule has 2 aromatic carbocycles. The number of carbonyl (C=O) groups excluding carboxylic acids is 2. The number of benzene rings is 2. The molecule has 0 aliphatic heterocycles. The fourth-order valence-corrected chi connectivity index (χ4v) is 3.27. The van der Waals surface area contributed by atoms with E-state index in [1.54, 1.807) is 31.2 Å². The predicted molar refractivity (Wildman–Crippen MR) is 93.3 cm³/mol. The van der Waals surface area contributed by atoms with E-state index < -0.39 is 23.6 Å². The first kappa shape index (κ1) is 18.0. The second-order valence-corrected chi connectivity index (χ2v) is 6.17. The Hall–Kier alpha value is -2.82. The van der Waals surface area contributed by atoms with Crippen molar-refractivity contribution in [2.75, 3.05) is 6.61 Å². The van der Waals surface area contributed by atoms with E-state index in [2.05, 4.69) is 0 Å². The lowest BCUT2D eigenvalue weighted by Gasteiger charge is -2.29. The van der Waals surface area contributed by atoms with Crippen LogP contribution in [0.25, 0.3) is 5.57 Å². The summed E-state index contributed by atoms with van der Waals surface area (Å²) in [4.78, 5) is 25.0. The van der Waals surface area contributed by atoms with Gasteiger partial charge < -0.3 is 4.74 Å². The zero-order chi connectivity index (χ0) is 18.7. The monoisotopic (exact) mass is 356 g/mol. The van der Waals surface area contributed by atoms with E-state index in [1.807, 2.05) is 0 Å². The minimum Gasteiger partial charge on any atom is -0.465 e. The summed E-state index contributed by atoms with van der Waals surface area (Å²) in [5.41, 5.74) is 2.12. The molecule has 134 valence electrons. The Balaban J connectivity index is 2.01. The zero-order valence-corrected chi connectivity index (χ0v) is 14.2. The molecular weight excluding hydrogens is 338 g/mol. The molecular formula is C21H18F2O3. The highest BCUT2D eigenvalue weighted by molar-refractivity contribution is 6.10. The molecule has 0 saturated heterocycles. The number of halogens is 2. The van der Waals surface area contributed by atoms with Gasteiger partial charge in [0.1, 0.15) is 17.6 Å². The molecule has 3 rings (SSSR count). The second-order valence-electron chi connectivity index (χ2n) is 6.17. The van der Waals surface area contributed by atoms with Crippen LogP contribution in [0.1, 0.15) is 30.4 Å². The lowest BCUT2D eigenvalue weighted by molar-refractivity contribution is -0.151. The molecule has 1 aliphatic carbocycles. The number of carbonyl (C=O) groups is 2. The number of ether oxygens (including phenoxy) is 1. The summed E-state index contributed by atoms with van der Waals surface area (Å²) in [6, 6.07) is 11.6. The molecule has 3 nitrogen and oxygen atoms in total. The molecule has 2 unspecified atom stereocenters. The van der Waals surface area contributed by atoms with Crippen LogP contribution in [0.15, 0.2) is 54.6 Å². The van der Waals surface area contributed by atoms with Gasteiger partial charge in [-0.3, -0.25) is 9.59 Å². The molecule has 0 saturated carbocycles. The van der Waals surface area contributed by atoms with E-state index in [0.29, 0.717) is 23.1 Å². The maximum atomic E-state index is 13.3. The molecule has 0 amide bonds. The molecule has 0 spiro atoms. The topological polar surface area (TPSA) is 43.4 Å². The summed E-state index contributed by atoms with van der Waals surface area (Å²) in [5.74, 6) is -3.13. The van der Waals surface area contributed by atoms with Gasteiger partial charge in [-0.15, -0.1) is 0 Å². The third kappa shape index (κ3) is 3.72. The molecule has 0 N–H and O–H groups in total. The van der Waals surface area contributed by atoms with Crippen molar-refractivity contribution in [3.05, 3.63) is 77.4 Å². The molecule has 2 aromatic rings. The lowest BCUT2D eigenvalue weighted by Crippen LogP contribution is -2.34. The van der Waals surface area contributed by atoms with E-state index in [9.17, 15) is 18.4 Å². The number of rotatable bonds is 4. The maximum Gasteiger partial charge on any atom is 0.317 e. The van der Waals surface area contributed by atoms with E-state index >= 15 is 0 Å². The van der Waals surface area contributed by atoms with Gasteiger partial charge in [-0.25, -0.2) is 8.78 Å². The number of ketones is 1. The Labute approximate surface area is 150 Å². The summed E-state index contributed by atoms with van der Waals surface area (Å²) in [6.07, 6.45) is 1.82. The Morgan fingerprint density at radius 2 is 1.62 bits per heavy atom. The summed E-state index contributed by atoms with van der Waals surface area (Å²) in [7, 11) is 0. The minimum atomic E-state index is -0.968. The molecule has 26 heavy (non-hydrogen) atoms. The SMILES string of the molecule is CCOC(=O)C1C(=O)C=C(c2ccc(F)cc2)CC1c1ccc(F)cc1. The Morgan fingerprint density at radius 3 is 2.19 bits per heavy atom. The number of allylic oxidation sites excluding steroid dienone is 2. The van der Waals surface area contributed by atoms with Crippen LogP contribution < -0.4 is 0 Å². The highest BCUT2D eigenvalue weighted by Crippen LogP contribution is 2.40. The molecule has 0 bridgehead atoms. The third-order valence-electron chi connectivity index (χ3n) is 4.52. The fraction of sp³-hybridized carbons (Fsp3) is 0.238. The standard InChI is InChI=1S/C21H18F2O3/c1-2-26-21(25)20-18(14-5-9-17(23)10-6-14)11-15(12-19(20)24)13-3-7-16(22)8-4-13/h3-10,12,18,20H,2,11H2,1H3. The van der Waals surface area contributed by atoms with E-state index in [0.717, 1.165) is 0 Å². The highest BCUT2D eigenvalue weighted by Gasteiger charge is 2.39. The largest absolute Gasteiger partial charge is 0.465 e. The number of hydrogen-bond donors (Lipinski definition) is 0. The Kier molecular flexibility index (Phi) is 5.26. The molecule has 0 aromatic heterocycles. The van der Waals surface area contributed by atoms with Crippen molar-refractivity contribution in [1.82, 2.24) is 0 Å². The van der Waals surface area contributed by atoms with Gasteiger partial charge in [0.2, 0.25) is 0 Å². The van der Waals surface area contributed by atoms with Crippen molar-refractivity contribution in [1.29, 1.82) is 0 Å². The van der Waals surface area contributed by atoms with Crippen LogP contribution in [0, 0.1) is 17.6 Å². The maximum absolute atomic E-state index is 13.3. The minimum absolute atomic E-state index is 0.174. The first-order chi connectivity index (χ1) is 12.5. The van der Waals surface area contributed by atoms with Crippen LogP contribution in [0.2, 0.25) is 0 Å².